The van der Waals surface area contributed by atoms with Gasteiger partial charge in [0.25, 0.3) is 0 Å². The second kappa shape index (κ2) is 51.0. The van der Waals surface area contributed by atoms with Crippen molar-refractivity contribution in [3.8, 4) is 0 Å². The Morgan fingerprint density at radius 3 is 1.14 bits per heavy atom. The summed E-state index contributed by atoms with van der Waals surface area (Å²) in [6, 6.07) is 0. The Morgan fingerprint density at radius 2 is 0.955 bits per heavy atom. The van der Waals surface area contributed by atoms with E-state index < -0.39 is 0 Å². The molecule has 0 radical (unpaired) electrons. The van der Waals surface area contributed by atoms with Crippen molar-refractivity contribution in [2.45, 2.75) is 0 Å². The zero-order chi connectivity index (χ0) is 19.6. The zero-order valence-electron chi connectivity index (χ0n) is 12.3. The van der Waals surface area contributed by atoms with Gasteiger partial charge in [-0.2, -0.15) is 0 Å². The molecule has 0 rings (SSSR count). The molecule has 0 aliphatic rings. The van der Waals surface area contributed by atoms with Crippen LogP contribution in [0.15, 0.2) is 23.0 Å². The van der Waals surface area contributed by atoms with E-state index in [1.165, 1.54) is 0 Å². The Hall–Kier alpha value is -2.18. The van der Waals surface area contributed by atoms with E-state index in [1.807, 2.05) is 38.0 Å². The van der Waals surface area contributed by atoms with Crippen LogP contribution in [0, 0.1) is 33.3 Å². The summed E-state index contributed by atoms with van der Waals surface area (Å²) in [7, 11) is 7.82. The molecule has 0 aliphatic carbocycles. The van der Waals surface area contributed by atoms with Crippen LogP contribution in [-0.2, 0) is 39.1 Å². The van der Waals surface area contributed by atoms with Crippen molar-refractivity contribution in [1.29, 1.82) is 0 Å². The average molecular weight is 340 g/mol. The summed E-state index contributed by atoms with van der Waals surface area (Å²) in [6.07, 6.45) is 0. The van der Waals surface area contributed by atoms with E-state index in [1.54, 1.807) is 0 Å². The van der Waals surface area contributed by atoms with Gasteiger partial charge in [-0.15, -0.1) is 0 Å². The SMILES string of the molecule is CN(C)C(=C=C=C=[C]=[Cr])N(C)C.[C-]#[O+].[C-]#[O+].[C-]#[O+].[C-]#[O+].[C-]#[O+]. The molecule has 8 heteroatoms. The summed E-state index contributed by atoms with van der Waals surface area (Å²) in [6.45, 7) is 22.5. The molecule has 0 heterocycles. The number of nitrogens with zero attached hydrogens (tertiary/aromatic N) is 2. The van der Waals surface area contributed by atoms with E-state index >= 15 is 0 Å². The fourth-order valence-corrected chi connectivity index (χ4v) is 0.816. The predicted octanol–water partition coefficient (Wildman–Crippen LogP) is 0.177. The van der Waals surface area contributed by atoms with Crippen molar-refractivity contribution >= 4 is 4.54 Å². The Morgan fingerprint density at radius 1 is 0.682 bits per heavy atom. The minimum absolute atomic E-state index is 0.942. The van der Waals surface area contributed by atoms with Gasteiger partial charge in [-0.05, 0) is 0 Å². The van der Waals surface area contributed by atoms with Crippen molar-refractivity contribution in [3.63, 3.8) is 0 Å². The zero-order valence-corrected chi connectivity index (χ0v) is 13.6. The molecular weight excluding hydrogens is 328 g/mol. The first kappa shape index (κ1) is 36.8. The third kappa shape index (κ3) is 43.1. The molecule has 0 aliphatic heterocycles. The third-order valence-corrected chi connectivity index (χ3v) is 1.29. The average Bonchev–Trinajstić information content (AvgIpc) is 2.60. The van der Waals surface area contributed by atoms with Gasteiger partial charge in [-0.3, -0.25) is 0 Å². The van der Waals surface area contributed by atoms with Gasteiger partial charge in [0.2, 0.25) is 0 Å². The van der Waals surface area contributed by atoms with Crippen molar-refractivity contribution in [3.05, 3.63) is 56.3 Å². The minimum atomic E-state index is 0.942. The first-order chi connectivity index (χ1) is 10.6. The van der Waals surface area contributed by atoms with E-state index in [4.69, 9.17) is 23.3 Å². The number of rotatable bonds is 2. The normalized spacial score (nSPS) is 4.27. The van der Waals surface area contributed by atoms with Crippen LogP contribution < -0.4 is 0 Å². The van der Waals surface area contributed by atoms with Crippen molar-refractivity contribution in [1.82, 2.24) is 9.80 Å². The van der Waals surface area contributed by atoms with E-state index in [-0.39, 0.29) is 0 Å². The molecule has 22 heavy (non-hydrogen) atoms. The van der Waals surface area contributed by atoms with Gasteiger partial charge in [0.1, 0.15) is 0 Å². The fraction of sp³-hybridized carbons (Fsp3) is 0.286. The molecule has 0 atom stereocenters. The Kier molecular flexibility index (Phi) is 85.3. The number of hydrogen-bond acceptors (Lipinski definition) is 2. The van der Waals surface area contributed by atoms with Crippen LogP contribution in [0.2, 0.25) is 0 Å². The second-order valence-electron chi connectivity index (χ2n) is 2.59. The van der Waals surface area contributed by atoms with Crippen molar-refractivity contribution in [2.75, 3.05) is 28.2 Å². The molecule has 0 unspecified atom stereocenters. The van der Waals surface area contributed by atoms with Gasteiger partial charge >= 0.3 is 138 Å². The van der Waals surface area contributed by atoms with Crippen LogP contribution in [0.5, 0.6) is 0 Å². The van der Waals surface area contributed by atoms with Gasteiger partial charge < -0.3 is 0 Å². The van der Waals surface area contributed by atoms with Gasteiger partial charge in [0.15, 0.2) is 0 Å². The molecule has 0 aromatic rings. The van der Waals surface area contributed by atoms with Crippen LogP contribution in [0.4, 0.5) is 0 Å². The molecule has 0 spiro atoms. The molecule has 0 fully saturated rings. The third-order valence-electron chi connectivity index (χ3n) is 1.14. The van der Waals surface area contributed by atoms with E-state index in [0.717, 1.165) is 5.82 Å². The quantitative estimate of drug-likeness (QED) is 0.406. The van der Waals surface area contributed by atoms with Crippen molar-refractivity contribution in [2.24, 2.45) is 0 Å². The molecule has 0 saturated carbocycles. The van der Waals surface area contributed by atoms with Crippen LogP contribution in [0.3, 0.4) is 0 Å². The summed E-state index contributed by atoms with van der Waals surface area (Å²) in [4.78, 5) is 3.90. The first-order valence-electron chi connectivity index (χ1n) is 4.46. The maximum atomic E-state index is 7.50. The maximum absolute atomic E-state index is 7.50. The Bertz CT molecular complexity index is 445. The number of hydrogen-bond donors (Lipinski definition) is 0. The molecule has 114 valence electrons. The van der Waals surface area contributed by atoms with Crippen molar-refractivity contribution < 1.29 is 39.1 Å². The van der Waals surface area contributed by atoms with Gasteiger partial charge in [0.05, 0.1) is 0 Å². The van der Waals surface area contributed by atoms with Crippen LogP contribution in [0.25, 0.3) is 0 Å². The van der Waals surface area contributed by atoms with Crippen LogP contribution >= 0.6 is 0 Å². The Labute approximate surface area is 138 Å². The summed E-state index contributed by atoms with van der Waals surface area (Å²) < 4.78 is 40.1. The molecule has 0 amide bonds. The molecular formula is C14H12CrN2O5. The van der Waals surface area contributed by atoms with Crippen LogP contribution in [-0.4, -0.2) is 42.5 Å². The predicted molar refractivity (Wildman–Crippen MR) is 66.1 cm³/mol. The van der Waals surface area contributed by atoms with E-state index in [9.17, 15) is 0 Å². The Balaban J connectivity index is -0.0000000540. The van der Waals surface area contributed by atoms with E-state index in [2.05, 4.69) is 70.8 Å². The summed E-state index contributed by atoms with van der Waals surface area (Å²) >= 11 is 2.57. The second-order valence-corrected chi connectivity index (χ2v) is 2.91. The summed E-state index contributed by atoms with van der Waals surface area (Å²) in [5.41, 5.74) is 8.33. The summed E-state index contributed by atoms with van der Waals surface area (Å²) in [5.74, 6) is 0.942. The molecule has 0 saturated heterocycles. The molecule has 0 aromatic carbocycles. The monoisotopic (exact) mass is 340 g/mol. The van der Waals surface area contributed by atoms with Gasteiger partial charge in [-0.1, -0.05) is 0 Å². The molecule has 7 nitrogen and oxygen atoms in total. The fourth-order valence-electron chi connectivity index (χ4n) is 0.736. The van der Waals surface area contributed by atoms with Gasteiger partial charge in [-0.25, -0.2) is 0 Å². The van der Waals surface area contributed by atoms with Gasteiger partial charge in [0, 0.05) is 0 Å². The molecule has 0 aromatic heterocycles. The standard InChI is InChI=1S/C9H12N2.5CO.Cr/c1-6-7-8-9(10(2)3)11(4)5;5*1-2;/h2-5H3;;;;;;. The molecule has 0 N–H and O–H groups in total. The van der Waals surface area contributed by atoms with E-state index in [0.29, 0.717) is 0 Å². The molecule has 0 bridgehead atoms. The first-order valence-corrected chi connectivity index (χ1v) is 5.10. The topological polar surface area (TPSA) is 106 Å². The summed E-state index contributed by atoms with van der Waals surface area (Å²) in [5, 5.41) is 0. The van der Waals surface area contributed by atoms with Crippen LogP contribution in [0.1, 0.15) is 0 Å².